The van der Waals surface area contributed by atoms with Crippen molar-refractivity contribution in [2.45, 2.75) is 25.7 Å². The zero-order valence-electron chi connectivity index (χ0n) is 7.32. The third-order valence-corrected chi connectivity index (χ3v) is 2.59. The number of aliphatic carboxylic acids is 1. The molecule has 0 aromatic rings. The average molecular weight is 186 g/mol. The van der Waals surface area contributed by atoms with Crippen molar-refractivity contribution in [2.24, 2.45) is 17.7 Å². The Kier molecular flexibility index (Phi) is 3.25. The lowest BCUT2D eigenvalue weighted by Crippen LogP contribution is -2.38. The highest BCUT2D eigenvalue weighted by Gasteiger charge is 2.29. The Labute approximate surface area is 76.3 Å². The predicted molar refractivity (Wildman–Crippen MR) is 45.4 cm³/mol. The maximum atomic E-state index is 11.1. The van der Waals surface area contributed by atoms with Crippen LogP contribution in [0.2, 0.25) is 0 Å². The number of nitrogens with two attached hydrogens (primary N) is 1. The van der Waals surface area contributed by atoms with Crippen LogP contribution in [0.25, 0.3) is 0 Å². The van der Waals surface area contributed by atoms with Gasteiger partial charge in [0.25, 0.3) is 0 Å². The molecule has 1 aliphatic carbocycles. The van der Waals surface area contributed by atoms with Crippen LogP contribution in [0.1, 0.15) is 25.7 Å². The molecule has 1 aliphatic rings. The summed E-state index contributed by atoms with van der Waals surface area (Å²) < 4.78 is 0. The molecule has 4 N–H and O–H groups in total. The minimum absolute atomic E-state index is 0.0967. The monoisotopic (exact) mass is 186 g/mol. The number of rotatable bonds is 2. The van der Waals surface area contributed by atoms with Crippen molar-refractivity contribution in [2.75, 3.05) is 0 Å². The van der Waals surface area contributed by atoms with Gasteiger partial charge in [-0.2, -0.15) is 0 Å². The number of amides is 1. The number of carboxylic acid groups (broad SMARTS) is 1. The van der Waals surface area contributed by atoms with Crippen LogP contribution in [-0.4, -0.2) is 17.0 Å². The summed E-state index contributed by atoms with van der Waals surface area (Å²) in [5.41, 5.74) is 2.09. The van der Waals surface area contributed by atoms with Gasteiger partial charge < -0.3 is 5.11 Å². The zero-order valence-corrected chi connectivity index (χ0v) is 7.32. The van der Waals surface area contributed by atoms with Gasteiger partial charge in [0.1, 0.15) is 0 Å². The second-order valence-electron chi connectivity index (χ2n) is 3.40. The first-order chi connectivity index (χ1) is 6.15. The first kappa shape index (κ1) is 9.98. The molecule has 0 heterocycles. The van der Waals surface area contributed by atoms with E-state index in [0.717, 1.165) is 0 Å². The van der Waals surface area contributed by atoms with E-state index in [1.54, 1.807) is 0 Å². The first-order valence-corrected chi connectivity index (χ1v) is 4.38. The molecule has 5 heteroatoms. The molecule has 13 heavy (non-hydrogen) atoms. The maximum absolute atomic E-state index is 11.1. The van der Waals surface area contributed by atoms with Gasteiger partial charge in [0.2, 0.25) is 5.91 Å². The Morgan fingerprint density at radius 1 is 1.15 bits per heavy atom. The molecule has 0 unspecified atom stereocenters. The SMILES string of the molecule is NNC(=O)C1CCC(C(=O)O)CC1. The van der Waals surface area contributed by atoms with Gasteiger partial charge in [0.15, 0.2) is 0 Å². The van der Waals surface area contributed by atoms with Crippen molar-refractivity contribution < 1.29 is 14.7 Å². The van der Waals surface area contributed by atoms with Crippen LogP contribution in [-0.2, 0) is 9.59 Å². The van der Waals surface area contributed by atoms with E-state index >= 15 is 0 Å². The standard InChI is InChI=1S/C8H14N2O3/c9-10-7(11)5-1-3-6(4-2-5)8(12)13/h5-6H,1-4,9H2,(H,10,11)(H,12,13). The molecular weight excluding hydrogens is 172 g/mol. The Bertz CT molecular complexity index is 209. The van der Waals surface area contributed by atoms with Gasteiger partial charge in [-0.05, 0) is 25.7 Å². The van der Waals surface area contributed by atoms with Gasteiger partial charge in [-0.15, -0.1) is 0 Å². The molecule has 0 aromatic heterocycles. The Balaban J connectivity index is 2.39. The van der Waals surface area contributed by atoms with Crippen molar-refractivity contribution >= 4 is 11.9 Å². The molecule has 0 radical (unpaired) electrons. The van der Waals surface area contributed by atoms with E-state index in [0.29, 0.717) is 25.7 Å². The summed E-state index contributed by atoms with van der Waals surface area (Å²) in [6.07, 6.45) is 2.40. The van der Waals surface area contributed by atoms with Crippen molar-refractivity contribution in [3.63, 3.8) is 0 Å². The third-order valence-electron chi connectivity index (χ3n) is 2.59. The van der Waals surface area contributed by atoms with Gasteiger partial charge in [-0.3, -0.25) is 15.0 Å². The van der Waals surface area contributed by atoms with Crippen LogP contribution in [0.3, 0.4) is 0 Å². The van der Waals surface area contributed by atoms with Crippen LogP contribution in [0.5, 0.6) is 0 Å². The maximum Gasteiger partial charge on any atom is 0.306 e. The molecule has 5 nitrogen and oxygen atoms in total. The summed E-state index contributed by atoms with van der Waals surface area (Å²) in [5, 5.41) is 8.70. The lowest BCUT2D eigenvalue weighted by atomic mass is 9.82. The molecule has 1 fully saturated rings. The van der Waals surface area contributed by atoms with Gasteiger partial charge in [0.05, 0.1) is 5.92 Å². The normalized spacial score (nSPS) is 28.1. The molecule has 0 atom stereocenters. The molecule has 1 rings (SSSR count). The molecule has 0 saturated heterocycles. The van der Waals surface area contributed by atoms with Crippen molar-refractivity contribution in [1.82, 2.24) is 5.43 Å². The fourth-order valence-corrected chi connectivity index (χ4v) is 1.72. The fraction of sp³-hybridized carbons (Fsp3) is 0.750. The first-order valence-electron chi connectivity index (χ1n) is 4.38. The summed E-state index contributed by atoms with van der Waals surface area (Å²) in [7, 11) is 0. The van der Waals surface area contributed by atoms with Crippen LogP contribution < -0.4 is 11.3 Å². The van der Waals surface area contributed by atoms with E-state index in [1.807, 2.05) is 0 Å². The highest BCUT2D eigenvalue weighted by Crippen LogP contribution is 2.28. The molecule has 1 saturated carbocycles. The summed E-state index contributed by atoms with van der Waals surface area (Å²) in [6, 6.07) is 0. The molecule has 0 aromatic carbocycles. The summed E-state index contributed by atoms with van der Waals surface area (Å²) >= 11 is 0. The lowest BCUT2D eigenvalue weighted by molar-refractivity contribution is -0.144. The zero-order chi connectivity index (χ0) is 9.84. The highest BCUT2D eigenvalue weighted by molar-refractivity contribution is 5.78. The number of carboxylic acids is 1. The number of hydrogen-bond donors (Lipinski definition) is 3. The van der Waals surface area contributed by atoms with Crippen LogP contribution in [0, 0.1) is 11.8 Å². The predicted octanol–water partition coefficient (Wildman–Crippen LogP) is -0.133. The summed E-state index contributed by atoms with van der Waals surface area (Å²) in [6.45, 7) is 0. The Morgan fingerprint density at radius 3 is 2.00 bits per heavy atom. The van der Waals surface area contributed by atoms with Gasteiger partial charge >= 0.3 is 5.97 Å². The van der Waals surface area contributed by atoms with Crippen molar-refractivity contribution in [1.29, 1.82) is 0 Å². The average Bonchev–Trinajstić information content (AvgIpc) is 2.17. The van der Waals surface area contributed by atoms with E-state index < -0.39 is 5.97 Å². The van der Waals surface area contributed by atoms with Gasteiger partial charge in [-0.1, -0.05) is 0 Å². The minimum Gasteiger partial charge on any atom is -0.481 e. The largest absolute Gasteiger partial charge is 0.481 e. The summed E-state index contributed by atoms with van der Waals surface area (Å²) in [5.74, 6) is 3.67. The van der Waals surface area contributed by atoms with Crippen LogP contribution in [0.15, 0.2) is 0 Å². The smallest absolute Gasteiger partial charge is 0.306 e. The highest BCUT2D eigenvalue weighted by atomic mass is 16.4. The molecule has 0 aliphatic heterocycles. The molecule has 0 bridgehead atoms. The van der Waals surface area contributed by atoms with Crippen molar-refractivity contribution in [3.05, 3.63) is 0 Å². The number of nitrogens with one attached hydrogen (secondary N) is 1. The van der Waals surface area contributed by atoms with E-state index in [1.165, 1.54) is 0 Å². The molecule has 74 valence electrons. The second kappa shape index (κ2) is 4.23. The van der Waals surface area contributed by atoms with E-state index in [-0.39, 0.29) is 17.7 Å². The number of carbonyl (C=O) groups is 2. The summed E-state index contributed by atoms with van der Waals surface area (Å²) in [4.78, 5) is 21.6. The Morgan fingerprint density at radius 2 is 1.62 bits per heavy atom. The van der Waals surface area contributed by atoms with Crippen molar-refractivity contribution in [3.8, 4) is 0 Å². The molecule has 0 spiro atoms. The number of hydrogen-bond acceptors (Lipinski definition) is 3. The van der Waals surface area contributed by atoms with Gasteiger partial charge in [-0.25, -0.2) is 5.84 Å². The fourth-order valence-electron chi connectivity index (χ4n) is 1.72. The molecular formula is C8H14N2O3. The Hall–Kier alpha value is -1.10. The number of carbonyl (C=O) groups excluding carboxylic acids is 1. The topological polar surface area (TPSA) is 92.4 Å². The van der Waals surface area contributed by atoms with Crippen LogP contribution >= 0.6 is 0 Å². The van der Waals surface area contributed by atoms with E-state index in [4.69, 9.17) is 10.9 Å². The third kappa shape index (κ3) is 2.42. The minimum atomic E-state index is -0.758. The second-order valence-corrected chi connectivity index (χ2v) is 3.40. The molecule has 1 amide bonds. The van der Waals surface area contributed by atoms with E-state index in [2.05, 4.69) is 5.43 Å². The quantitative estimate of drug-likeness (QED) is 0.318. The van der Waals surface area contributed by atoms with Crippen LogP contribution in [0.4, 0.5) is 0 Å². The number of hydrazine groups is 1. The lowest BCUT2D eigenvalue weighted by Gasteiger charge is -2.24. The van der Waals surface area contributed by atoms with E-state index in [9.17, 15) is 9.59 Å². The van der Waals surface area contributed by atoms with Gasteiger partial charge in [0, 0.05) is 5.92 Å².